The van der Waals surface area contributed by atoms with Crippen molar-refractivity contribution in [3.63, 3.8) is 0 Å². The van der Waals surface area contributed by atoms with Gasteiger partial charge < -0.3 is 15.0 Å². The van der Waals surface area contributed by atoms with Crippen molar-refractivity contribution in [2.24, 2.45) is 7.05 Å². The number of fused-ring (bicyclic) bond motifs is 1. The van der Waals surface area contributed by atoms with Crippen molar-refractivity contribution in [3.05, 3.63) is 29.6 Å². The maximum Gasteiger partial charge on any atom is 0.151 e. The van der Waals surface area contributed by atoms with Crippen LogP contribution in [0.2, 0.25) is 0 Å². The van der Waals surface area contributed by atoms with Gasteiger partial charge in [-0.25, -0.2) is 4.98 Å². The lowest BCUT2D eigenvalue weighted by atomic mass is 10.3. The Morgan fingerprint density at radius 3 is 2.89 bits per heavy atom. The molecule has 0 aliphatic heterocycles. The van der Waals surface area contributed by atoms with Crippen LogP contribution in [-0.2, 0) is 7.05 Å². The number of nitrogens with two attached hydrogens (primary N) is 1. The Kier molecular flexibility index (Phi) is 2.48. The number of aromatic nitrogens is 2. The lowest BCUT2D eigenvalue weighted by Gasteiger charge is -1.99. The largest absolute Gasteiger partial charge is 0.496 e. The monoisotopic (exact) mass is 259 g/mol. The summed E-state index contributed by atoms with van der Waals surface area (Å²) in [6.45, 7) is 0. The van der Waals surface area contributed by atoms with Crippen molar-refractivity contribution >= 4 is 28.1 Å². The molecule has 2 heterocycles. The van der Waals surface area contributed by atoms with E-state index in [0.717, 1.165) is 33.2 Å². The van der Waals surface area contributed by atoms with E-state index in [-0.39, 0.29) is 0 Å². The average Bonchev–Trinajstić information content (AvgIpc) is 2.95. The van der Waals surface area contributed by atoms with Gasteiger partial charge in [-0.15, -0.1) is 11.3 Å². The molecular formula is C13H13N3OS. The maximum absolute atomic E-state index is 5.81. The minimum Gasteiger partial charge on any atom is -0.496 e. The van der Waals surface area contributed by atoms with Gasteiger partial charge in [-0.1, -0.05) is 0 Å². The predicted octanol–water partition coefficient (Wildman–Crippen LogP) is 2.89. The summed E-state index contributed by atoms with van der Waals surface area (Å²) in [7, 11) is 3.66. The summed E-state index contributed by atoms with van der Waals surface area (Å²) in [5, 5.41) is 1.98. The molecule has 0 fully saturated rings. The Balaban J connectivity index is 2.20. The van der Waals surface area contributed by atoms with Crippen molar-refractivity contribution in [3.8, 4) is 16.5 Å². The molecule has 0 bridgehead atoms. The molecule has 0 aliphatic rings. The van der Waals surface area contributed by atoms with Crippen LogP contribution in [0.4, 0.5) is 5.69 Å². The lowest BCUT2D eigenvalue weighted by Crippen LogP contribution is -1.91. The summed E-state index contributed by atoms with van der Waals surface area (Å²) >= 11 is 1.62. The Morgan fingerprint density at radius 1 is 1.33 bits per heavy atom. The minimum atomic E-state index is 0.751. The van der Waals surface area contributed by atoms with Crippen molar-refractivity contribution < 1.29 is 4.74 Å². The molecule has 0 atom stereocenters. The van der Waals surface area contributed by atoms with Crippen LogP contribution in [0.25, 0.3) is 21.7 Å². The SMILES string of the molecule is COc1csc(-c2nc3ccc(N)cc3n2C)c1. The van der Waals surface area contributed by atoms with E-state index in [0.29, 0.717) is 0 Å². The van der Waals surface area contributed by atoms with E-state index >= 15 is 0 Å². The molecule has 5 heteroatoms. The highest BCUT2D eigenvalue weighted by Crippen LogP contribution is 2.32. The van der Waals surface area contributed by atoms with Crippen LogP contribution in [0.3, 0.4) is 0 Å². The molecule has 0 saturated carbocycles. The van der Waals surface area contributed by atoms with Gasteiger partial charge in [0.15, 0.2) is 5.82 Å². The summed E-state index contributed by atoms with van der Waals surface area (Å²) in [6.07, 6.45) is 0. The molecule has 0 saturated heterocycles. The summed E-state index contributed by atoms with van der Waals surface area (Å²) in [6, 6.07) is 7.75. The standard InChI is InChI=1S/C13H13N3OS/c1-16-11-5-8(14)3-4-10(11)15-13(16)12-6-9(17-2)7-18-12/h3-7H,14H2,1-2H3. The number of ether oxygens (including phenoxy) is 1. The van der Waals surface area contributed by atoms with Gasteiger partial charge in [-0.2, -0.15) is 0 Å². The van der Waals surface area contributed by atoms with Gasteiger partial charge in [0.1, 0.15) is 5.75 Å². The first kappa shape index (κ1) is 11.1. The van der Waals surface area contributed by atoms with Gasteiger partial charge in [-0.05, 0) is 18.2 Å². The zero-order valence-electron chi connectivity index (χ0n) is 10.2. The normalized spacial score (nSPS) is 11.0. The molecule has 2 N–H and O–H groups in total. The molecule has 3 aromatic rings. The van der Waals surface area contributed by atoms with E-state index in [4.69, 9.17) is 10.5 Å². The maximum atomic E-state index is 5.81. The van der Waals surface area contributed by atoms with Crippen molar-refractivity contribution in [2.45, 2.75) is 0 Å². The van der Waals surface area contributed by atoms with Crippen LogP contribution in [0.1, 0.15) is 0 Å². The first-order chi connectivity index (χ1) is 8.69. The average molecular weight is 259 g/mol. The number of anilines is 1. The molecule has 0 radical (unpaired) electrons. The summed E-state index contributed by atoms with van der Waals surface area (Å²) in [5.74, 6) is 1.80. The van der Waals surface area contributed by atoms with Crippen LogP contribution in [0.15, 0.2) is 29.6 Å². The Bertz CT molecular complexity index is 714. The second kappa shape index (κ2) is 4.03. The van der Waals surface area contributed by atoms with Crippen LogP contribution < -0.4 is 10.5 Å². The molecule has 0 amide bonds. The second-order valence-electron chi connectivity index (χ2n) is 4.09. The van der Waals surface area contributed by atoms with E-state index in [1.807, 2.05) is 36.7 Å². The second-order valence-corrected chi connectivity index (χ2v) is 5.00. The lowest BCUT2D eigenvalue weighted by molar-refractivity contribution is 0.417. The Hall–Kier alpha value is -2.01. The molecule has 18 heavy (non-hydrogen) atoms. The highest BCUT2D eigenvalue weighted by Gasteiger charge is 2.12. The fourth-order valence-electron chi connectivity index (χ4n) is 1.97. The molecule has 4 nitrogen and oxygen atoms in total. The number of imidazole rings is 1. The fraction of sp³-hybridized carbons (Fsp3) is 0.154. The van der Waals surface area contributed by atoms with Gasteiger partial charge in [0.25, 0.3) is 0 Å². The minimum absolute atomic E-state index is 0.751. The third kappa shape index (κ3) is 1.64. The molecular weight excluding hydrogens is 246 g/mol. The topological polar surface area (TPSA) is 53.1 Å². The summed E-state index contributed by atoms with van der Waals surface area (Å²) in [5.41, 5.74) is 8.55. The van der Waals surface area contributed by atoms with Gasteiger partial charge in [0.2, 0.25) is 0 Å². The molecule has 1 aromatic carbocycles. The van der Waals surface area contributed by atoms with E-state index < -0.39 is 0 Å². The number of thiophene rings is 1. The van der Waals surface area contributed by atoms with E-state index in [9.17, 15) is 0 Å². The van der Waals surface area contributed by atoms with Crippen LogP contribution in [0, 0.1) is 0 Å². The molecule has 2 aromatic heterocycles. The highest BCUT2D eigenvalue weighted by molar-refractivity contribution is 7.13. The molecule has 3 rings (SSSR count). The number of nitrogens with zero attached hydrogens (tertiary/aromatic N) is 2. The number of hydrogen-bond acceptors (Lipinski definition) is 4. The Labute approximate surface area is 109 Å². The highest BCUT2D eigenvalue weighted by atomic mass is 32.1. The quantitative estimate of drug-likeness (QED) is 0.720. The van der Waals surface area contributed by atoms with Crippen molar-refractivity contribution in [2.75, 3.05) is 12.8 Å². The van der Waals surface area contributed by atoms with Gasteiger partial charge in [0, 0.05) is 24.2 Å². The first-order valence-corrected chi connectivity index (χ1v) is 6.42. The number of aryl methyl sites for hydroxylation is 1. The van der Waals surface area contributed by atoms with Crippen LogP contribution in [0.5, 0.6) is 5.75 Å². The predicted molar refractivity (Wildman–Crippen MR) is 75.0 cm³/mol. The van der Waals surface area contributed by atoms with Crippen molar-refractivity contribution in [1.82, 2.24) is 9.55 Å². The number of methoxy groups -OCH3 is 1. The molecule has 92 valence electrons. The third-order valence-electron chi connectivity index (χ3n) is 2.94. The number of benzene rings is 1. The van der Waals surface area contributed by atoms with Gasteiger partial charge in [0.05, 0.1) is 23.0 Å². The van der Waals surface area contributed by atoms with Gasteiger partial charge in [-0.3, -0.25) is 0 Å². The van der Waals surface area contributed by atoms with Crippen molar-refractivity contribution in [1.29, 1.82) is 0 Å². The molecule has 0 unspecified atom stereocenters. The summed E-state index contributed by atoms with van der Waals surface area (Å²) in [4.78, 5) is 5.72. The zero-order chi connectivity index (χ0) is 12.7. The van der Waals surface area contributed by atoms with E-state index in [1.54, 1.807) is 18.4 Å². The third-order valence-corrected chi connectivity index (χ3v) is 3.84. The van der Waals surface area contributed by atoms with E-state index in [2.05, 4.69) is 9.55 Å². The fourth-order valence-corrected chi connectivity index (χ4v) is 2.85. The van der Waals surface area contributed by atoms with E-state index in [1.165, 1.54) is 0 Å². The first-order valence-electron chi connectivity index (χ1n) is 5.54. The smallest absolute Gasteiger partial charge is 0.151 e. The van der Waals surface area contributed by atoms with Crippen LogP contribution >= 0.6 is 11.3 Å². The Morgan fingerprint density at radius 2 is 2.17 bits per heavy atom. The molecule has 0 spiro atoms. The number of nitrogen functional groups attached to an aromatic ring is 1. The molecule has 0 aliphatic carbocycles. The number of rotatable bonds is 2. The summed E-state index contributed by atoms with van der Waals surface area (Å²) < 4.78 is 7.26. The number of hydrogen-bond donors (Lipinski definition) is 1. The zero-order valence-corrected chi connectivity index (χ0v) is 11.0. The van der Waals surface area contributed by atoms with Gasteiger partial charge >= 0.3 is 0 Å². The van der Waals surface area contributed by atoms with Crippen LogP contribution in [-0.4, -0.2) is 16.7 Å².